The zero-order valence-electron chi connectivity index (χ0n) is 9.96. The summed E-state index contributed by atoms with van der Waals surface area (Å²) in [6.07, 6.45) is -0.497. The van der Waals surface area contributed by atoms with Crippen molar-refractivity contribution in [3.05, 3.63) is 24.3 Å². The van der Waals surface area contributed by atoms with Gasteiger partial charge in [0.25, 0.3) is 0 Å². The van der Waals surface area contributed by atoms with Crippen molar-refractivity contribution in [1.29, 1.82) is 0 Å². The molecule has 92 valence electrons. The molecule has 1 rings (SSSR count). The molecule has 0 spiro atoms. The first-order chi connectivity index (χ1) is 8.10. The Bertz CT molecular complexity index is 379. The van der Waals surface area contributed by atoms with Crippen LogP contribution < -0.4 is 10.2 Å². The van der Waals surface area contributed by atoms with E-state index in [1.807, 2.05) is 13.8 Å². The van der Waals surface area contributed by atoms with Gasteiger partial charge in [0.1, 0.15) is 5.75 Å². The highest BCUT2D eigenvalue weighted by Crippen LogP contribution is 2.09. The Morgan fingerprint density at radius 3 is 2.41 bits per heavy atom. The molecule has 0 bridgehead atoms. The third-order valence-electron chi connectivity index (χ3n) is 2.42. The third kappa shape index (κ3) is 3.47. The number of carbonyl (C=O) groups excluding carboxylic acids is 1. The predicted molar refractivity (Wildman–Crippen MR) is 65.2 cm³/mol. The monoisotopic (exact) mass is 237 g/mol. The van der Waals surface area contributed by atoms with Crippen LogP contribution in [0.5, 0.6) is 5.75 Å². The van der Waals surface area contributed by atoms with Gasteiger partial charge in [-0.3, -0.25) is 0 Å². The largest absolute Gasteiger partial charge is 0.492 e. The molecular formula is C11H16BNO4. The topological polar surface area (TPSA) is 70.0 Å². The highest BCUT2D eigenvalue weighted by Gasteiger charge is 2.20. The molecule has 1 amide bonds. The van der Waals surface area contributed by atoms with E-state index in [2.05, 4.69) is 0 Å². The Hall–Kier alpha value is -1.53. The maximum atomic E-state index is 11.7. The maximum absolute atomic E-state index is 11.7. The van der Waals surface area contributed by atoms with Crippen LogP contribution in [-0.4, -0.2) is 41.2 Å². The van der Waals surface area contributed by atoms with Gasteiger partial charge in [-0.05, 0) is 19.9 Å². The average Bonchev–Trinajstić information content (AvgIpc) is 2.31. The maximum Gasteiger partial charge on any atom is 0.492 e. The van der Waals surface area contributed by atoms with Crippen LogP contribution in [-0.2, 0) is 0 Å². The van der Waals surface area contributed by atoms with E-state index in [4.69, 9.17) is 14.8 Å². The van der Waals surface area contributed by atoms with Crippen molar-refractivity contribution >= 4 is 18.7 Å². The summed E-state index contributed by atoms with van der Waals surface area (Å²) in [4.78, 5) is 13.2. The standard InChI is InChI=1S/C11H16BNO4/c1-3-13(4-2)11(14)17-10-8-6-5-7-9(10)12(15)16/h5-8,15-16H,3-4H2,1-2H3. The van der Waals surface area contributed by atoms with Crippen molar-refractivity contribution in [3.63, 3.8) is 0 Å². The van der Waals surface area contributed by atoms with E-state index in [-0.39, 0.29) is 11.2 Å². The van der Waals surface area contributed by atoms with Crippen molar-refractivity contribution in [2.24, 2.45) is 0 Å². The number of nitrogens with zero attached hydrogens (tertiary/aromatic N) is 1. The van der Waals surface area contributed by atoms with E-state index in [9.17, 15) is 4.79 Å². The first kappa shape index (κ1) is 13.5. The first-order valence-corrected chi connectivity index (χ1v) is 5.52. The summed E-state index contributed by atoms with van der Waals surface area (Å²) in [6, 6.07) is 6.33. The number of rotatable bonds is 4. The van der Waals surface area contributed by atoms with E-state index >= 15 is 0 Å². The van der Waals surface area contributed by atoms with Gasteiger partial charge in [0.15, 0.2) is 0 Å². The lowest BCUT2D eigenvalue weighted by Gasteiger charge is -2.18. The normalized spacial score (nSPS) is 9.88. The fraction of sp³-hybridized carbons (Fsp3) is 0.364. The second kappa shape index (κ2) is 6.27. The van der Waals surface area contributed by atoms with Gasteiger partial charge in [0.05, 0.1) is 0 Å². The van der Waals surface area contributed by atoms with E-state index in [0.29, 0.717) is 13.1 Å². The lowest BCUT2D eigenvalue weighted by molar-refractivity contribution is 0.157. The number of carbonyl (C=O) groups is 1. The molecule has 0 aliphatic rings. The van der Waals surface area contributed by atoms with Gasteiger partial charge in [0.2, 0.25) is 0 Å². The van der Waals surface area contributed by atoms with Crippen LogP contribution in [0.2, 0.25) is 0 Å². The first-order valence-electron chi connectivity index (χ1n) is 5.52. The van der Waals surface area contributed by atoms with Crippen LogP contribution in [0.1, 0.15) is 13.8 Å². The van der Waals surface area contributed by atoms with Crippen LogP contribution in [0.25, 0.3) is 0 Å². The Kier molecular flexibility index (Phi) is 4.99. The second-order valence-corrected chi connectivity index (χ2v) is 3.45. The Morgan fingerprint density at radius 2 is 1.88 bits per heavy atom. The van der Waals surface area contributed by atoms with Crippen LogP contribution in [0.15, 0.2) is 24.3 Å². The minimum Gasteiger partial charge on any atom is -0.423 e. The Labute approximate surface area is 101 Å². The van der Waals surface area contributed by atoms with Crippen LogP contribution in [0.4, 0.5) is 4.79 Å². The van der Waals surface area contributed by atoms with Gasteiger partial charge in [-0.2, -0.15) is 0 Å². The predicted octanol–water partition coefficient (Wildman–Crippen LogP) is 0.207. The fourth-order valence-electron chi connectivity index (χ4n) is 1.43. The number of amides is 1. The molecule has 2 N–H and O–H groups in total. The fourth-order valence-corrected chi connectivity index (χ4v) is 1.43. The molecule has 1 aromatic carbocycles. The highest BCUT2D eigenvalue weighted by molar-refractivity contribution is 6.59. The van der Waals surface area contributed by atoms with E-state index < -0.39 is 13.2 Å². The molecule has 1 aromatic rings. The average molecular weight is 237 g/mol. The van der Waals surface area contributed by atoms with Crippen molar-refractivity contribution in [2.45, 2.75) is 13.8 Å². The molecule has 0 saturated carbocycles. The molecular weight excluding hydrogens is 221 g/mol. The lowest BCUT2D eigenvalue weighted by atomic mass is 9.80. The van der Waals surface area contributed by atoms with Crippen molar-refractivity contribution in [2.75, 3.05) is 13.1 Å². The minimum absolute atomic E-state index is 0.166. The van der Waals surface area contributed by atoms with Crippen LogP contribution in [0, 0.1) is 0 Å². The van der Waals surface area contributed by atoms with Gasteiger partial charge in [0, 0.05) is 18.6 Å². The van der Waals surface area contributed by atoms with Crippen LogP contribution >= 0.6 is 0 Å². The Morgan fingerprint density at radius 1 is 1.29 bits per heavy atom. The van der Waals surface area contributed by atoms with Gasteiger partial charge >= 0.3 is 13.2 Å². The zero-order valence-corrected chi connectivity index (χ0v) is 9.96. The number of benzene rings is 1. The molecule has 17 heavy (non-hydrogen) atoms. The van der Waals surface area contributed by atoms with Crippen molar-refractivity contribution in [1.82, 2.24) is 4.90 Å². The van der Waals surface area contributed by atoms with Crippen molar-refractivity contribution < 1.29 is 19.6 Å². The number of para-hydroxylation sites is 1. The summed E-state index contributed by atoms with van der Waals surface area (Å²) in [7, 11) is -1.66. The molecule has 5 nitrogen and oxygen atoms in total. The molecule has 0 unspecified atom stereocenters. The lowest BCUT2D eigenvalue weighted by Crippen LogP contribution is -2.37. The molecule has 0 aromatic heterocycles. The molecule has 6 heteroatoms. The summed E-state index contributed by atoms with van der Waals surface area (Å²) in [5.41, 5.74) is 0.174. The van der Waals surface area contributed by atoms with Gasteiger partial charge < -0.3 is 19.7 Å². The summed E-state index contributed by atoms with van der Waals surface area (Å²) in [6.45, 7) is 4.77. The Balaban J connectivity index is 2.84. The summed E-state index contributed by atoms with van der Waals surface area (Å²) in [5.74, 6) is 0.166. The van der Waals surface area contributed by atoms with E-state index in [1.54, 1.807) is 12.1 Å². The molecule has 0 aliphatic heterocycles. The molecule has 0 saturated heterocycles. The smallest absolute Gasteiger partial charge is 0.423 e. The molecule has 0 radical (unpaired) electrons. The number of hydrogen-bond donors (Lipinski definition) is 2. The third-order valence-corrected chi connectivity index (χ3v) is 2.42. The molecule has 0 fully saturated rings. The van der Waals surface area contributed by atoms with Crippen LogP contribution in [0.3, 0.4) is 0 Å². The summed E-state index contributed by atoms with van der Waals surface area (Å²) < 4.78 is 5.12. The number of hydrogen-bond acceptors (Lipinski definition) is 4. The highest BCUT2D eigenvalue weighted by atomic mass is 16.6. The van der Waals surface area contributed by atoms with E-state index in [0.717, 1.165) is 0 Å². The van der Waals surface area contributed by atoms with Crippen molar-refractivity contribution in [3.8, 4) is 5.75 Å². The molecule has 0 heterocycles. The molecule has 0 aliphatic carbocycles. The SMILES string of the molecule is CCN(CC)C(=O)Oc1ccccc1B(O)O. The summed E-state index contributed by atoms with van der Waals surface area (Å²) in [5, 5.41) is 18.2. The second-order valence-electron chi connectivity index (χ2n) is 3.45. The van der Waals surface area contributed by atoms with Gasteiger partial charge in [-0.1, -0.05) is 18.2 Å². The van der Waals surface area contributed by atoms with Gasteiger partial charge in [-0.15, -0.1) is 0 Å². The van der Waals surface area contributed by atoms with Gasteiger partial charge in [-0.25, -0.2) is 4.79 Å². The quantitative estimate of drug-likeness (QED) is 0.734. The zero-order chi connectivity index (χ0) is 12.8. The minimum atomic E-state index is -1.66. The number of ether oxygens (including phenoxy) is 1. The summed E-state index contributed by atoms with van der Waals surface area (Å²) >= 11 is 0. The molecule has 0 atom stereocenters. The van der Waals surface area contributed by atoms with E-state index in [1.165, 1.54) is 17.0 Å².